The number of hydrogen-bond donors (Lipinski definition) is 1. The normalized spacial score (nSPS) is 15.7. The van der Waals surface area contributed by atoms with E-state index >= 15 is 0 Å². The van der Waals surface area contributed by atoms with Crippen LogP contribution in [-0.2, 0) is 0 Å². The fraction of sp³-hybridized carbons (Fsp3) is 0.316. The fourth-order valence-corrected chi connectivity index (χ4v) is 3.13. The molecule has 1 saturated heterocycles. The van der Waals surface area contributed by atoms with Crippen LogP contribution >= 0.6 is 11.6 Å². The number of benzene rings is 2. The first-order chi connectivity index (χ1) is 11.0. The van der Waals surface area contributed by atoms with Gasteiger partial charge in [0.05, 0.1) is 6.10 Å². The second kappa shape index (κ2) is 6.73. The van der Waals surface area contributed by atoms with E-state index < -0.39 is 0 Å². The highest BCUT2D eigenvalue weighted by atomic mass is 35.5. The van der Waals surface area contributed by atoms with E-state index in [0.717, 1.165) is 16.7 Å². The molecule has 0 unspecified atom stereocenters. The van der Waals surface area contributed by atoms with Crippen LogP contribution in [0.15, 0.2) is 42.5 Å². The summed E-state index contributed by atoms with van der Waals surface area (Å²) in [6, 6.07) is 13.5. The Labute approximate surface area is 141 Å². The number of aliphatic hydroxyl groups excluding tert-OH is 1. The van der Waals surface area contributed by atoms with Crippen LogP contribution in [0.1, 0.15) is 28.8 Å². The second-order valence-corrected chi connectivity index (χ2v) is 6.50. The Morgan fingerprint density at radius 3 is 2.39 bits per heavy atom. The van der Waals surface area contributed by atoms with Crippen molar-refractivity contribution in [2.45, 2.75) is 25.9 Å². The van der Waals surface area contributed by atoms with Gasteiger partial charge in [0, 0.05) is 23.7 Å². The standard InChI is InChI=1S/C19H20ClNO2/c1-13-12-15(19(23)21-10-8-17(22)9-11-21)4-7-18(13)14-2-5-16(20)6-3-14/h2-7,12,17,22H,8-11H2,1H3. The molecule has 3 nitrogen and oxygen atoms in total. The average Bonchev–Trinajstić information content (AvgIpc) is 2.56. The number of nitrogens with zero attached hydrogens (tertiary/aromatic N) is 1. The van der Waals surface area contributed by atoms with E-state index in [9.17, 15) is 9.90 Å². The molecule has 0 saturated carbocycles. The van der Waals surface area contributed by atoms with Crippen LogP contribution in [0.5, 0.6) is 0 Å². The van der Waals surface area contributed by atoms with Crippen molar-refractivity contribution < 1.29 is 9.90 Å². The van der Waals surface area contributed by atoms with Crippen LogP contribution in [0.2, 0.25) is 5.02 Å². The summed E-state index contributed by atoms with van der Waals surface area (Å²) in [5.41, 5.74) is 3.96. The van der Waals surface area contributed by atoms with Gasteiger partial charge in [-0.3, -0.25) is 4.79 Å². The predicted molar refractivity (Wildman–Crippen MR) is 92.8 cm³/mol. The Morgan fingerprint density at radius 2 is 1.78 bits per heavy atom. The van der Waals surface area contributed by atoms with Crippen molar-refractivity contribution in [3.63, 3.8) is 0 Å². The molecule has 120 valence electrons. The summed E-state index contributed by atoms with van der Waals surface area (Å²) in [7, 11) is 0. The third-order valence-electron chi connectivity index (χ3n) is 4.38. The van der Waals surface area contributed by atoms with Gasteiger partial charge in [-0.2, -0.15) is 0 Å². The summed E-state index contributed by atoms with van der Waals surface area (Å²) >= 11 is 5.93. The number of piperidine rings is 1. The molecule has 1 aliphatic rings. The van der Waals surface area contributed by atoms with Crippen LogP contribution in [0.25, 0.3) is 11.1 Å². The summed E-state index contributed by atoms with van der Waals surface area (Å²) in [5.74, 6) is 0.0441. The van der Waals surface area contributed by atoms with Gasteiger partial charge >= 0.3 is 0 Å². The summed E-state index contributed by atoms with van der Waals surface area (Å²) in [6.45, 7) is 3.26. The molecule has 2 aromatic rings. The molecule has 4 heteroatoms. The number of hydrogen-bond acceptors (Lipinski definition) is 2. The van der Waals surface area contributed by atoms with Crippen LogP contribution in [0, 0.1) is 6.92 Å². The lowest BCUT2D eigenvalue weighted by Gasteiger charge is -2.29. The van der Waals surface area contributed by atoms with Gasteiger partial charge in [-0.15, -0.1) is 0 Å². The van der Waals surface area contributed by atoms with Crippen molar-refractivity contribution in [2.75, 3.05) is 13.1 Å². The minimum absolute atomic E-state index is 0.0441. The van der Waals surface area contributed by atoms with Gasteiger partial charge in [0.25, 0.3) is 5.91 Å². The molecule has 1 fully saturated rings. The van der Waals surface area contributed by atoms with Crippen molar-refractivity contribution in [3.05, 3.63) is 58.6 Å². The Bertz CT molecular complexity index is 704. The maximum atomic E-state index is 12.6. The van der Waals surface area contributed by atoms with Gasteiger partial charge < -0.3 is 10.0 Å². The minimum Gasteiger partial charge on any atom is -0.393 e. The first-order valence-corrected chi connectivity index (χ1v) is 8.26. The highest BCUT2D eigenvalue weighted by molar-refractivity contribution is 6.30. The fourth-order valence-electron chi connectivity index (χ4n) is 3.00. The van der Waals surface area contributed by atoms with E-state index in [2.05, 4.69) is 0 Å². The Morgan fingerprint density at radius 1 is 1.13 bits per heavy atom. The van der Waals surface area contributed by atoms with Gasteiger partial charge in [-0.25, -0.2) is 0 Å². The molecule has 0 spiro atoms. The Hall–Kier alpha value is -1.84. The Balaban J connectivity index is 1.81. The van der Waals surface area contributed by atoms with E-state index in [1.54, 1.807) is 0 Å². The first-order valence-electron chi connectivity index (χ1n) is 7.88. The number of amides is 1. The van der Waals surface area contributed by atoms with Crippen LogP contribution in [0.4, 0.5) is 0 Å². The van der Waals surface area contributed by atoms with Crippen molar-refractivity contribution in [1.29, 1.82) is 0 Å². The molecule has 1 amide bonds. The maximum Gasteiger partial charge on any atom is 0.253 e. The van der Waals surface area contributed by atoms with Gasteiger partial charge in [0.1, 0.15) is 0 Å². The topological polar surface area (TPSA) is 40.5 Å². The second-order valence-electron chi connectivity index (χ2n) is 6.06. The molecule has 0 bridgehead atoms. The number of carbonyl (C=O) groups excluding carboxylic acids is 1. The number of likely N-dealkylation sites (tertiary alicyclic amines) is 1. The van der Waals surface area contributed by atoms with Crippen molar-refractivity contribution in [1.82, 2.24) is 4.90 Å². The summed E-state index contributed by atoms with van der Waals surface area (Å²) < 4.78 is 0. The van der Waals surface area contributed by atoms with E-state index in [0.29, 0.717) is 36.5 Å². The quantitative estimate of drug-likeness (QED) is 0.907. The SMILES string of the molecule is Cc1cc(C(=O)N2CCC(O)CC2)ccc1-c1ccc(Cl)cc1. The predicted octanol–water partition coefficient (Wildman–Crippen LogP) is 3.91. The molecule has 3 rings (SSSR count). The maximum absolute atomic E-state index is 12.6. The minimum atomic E-state index is -0.270. The number of aryl methyl sites for hydroxylation is 1. The largest absolute Gasteiger partial charge is 0.393 e. The number of carbonyl (C=O) groups is 1. The van der Waals surface area contributed by atoms with E-state index in [1.807, 2.05) is 54.3 Å². The highest BCUT2D eigenvalue weighted by Crippen LogP contribution is 2.26. The van der Waals surface area contributed by atoms with Crippen LogP contribution in [0.3, 0.4) is 0 Å². The molecule has 1 heterocycles. The molecule has 1 aliphatic heterocycles. The van der Waals surface area contributed by atoms with Crippen LogP contribution in [-0.4, -0.2) is 35.1 Å². The molecule has 0 radical (unpaired) electrons. The van der Waals surface area contributed by atoms with E-state index in [-0.39, 0.29) is 12.0 Å². The molecule has 0 aliphatic carbocycles. The van der Waals surface area contributed by atoms with Crippen molar-refractivity contribution in [2.24, 2.45) is 0 Å². The van der Waals surface area contributed by atoms with Crippen LogP contribution < -0.4 is 0 Å². The third-order valence-corrected chi connectivity index (χ3v) is 4.63. The molecule has 1 N–H and O–H groups in total. The lowest BCUT2D eigenvalue weighted by Crippen LogP contribution is -2.40. The van der Waals surface area contributed by atoms with Crippen molar-refractivity contribution in [3.8, 4) is 11.1 Å². The number of halogens is 1. The third kappa shape index (κ3) is 3.57. The lowest BCUT2D eigenvalue weighted by molar-refractivity contribution is 0.0546. The van der Waals surface area contributed by atoms with Gasteiger partial charge in [-0.05, 0) is 60.7 Å². The van der Waals surface area contributed by atoms with Gasteiger partial charge in [-0.1, -0.05) is 29.8 Å². The molecule has 2 aromatic carbocycles. The highest BCUT2D eigenvalue weighted by Gasteiger charge is 2.22. The molecular formula is C19H20ClNO2. The van der Waals surface area contributed by atoms with E-state index in [4.69, 9.17) is 11.6 Å². The summed E-state index contributed by atoms with van der Waals surface area (Å²) in [4.78, 5) is 14.4. The molecule has 0 atom stereocenters. The average molecular weight is 330 g/mol. The summed E-state index contributed by atoms with van der Waals surface area (Å²) in [5, 5.41) is 10.3. The van der Waals surface area contributed by atoms with Gasteiger partial charge in [0.15, 0.2) is 0 Å². The zero-order valence-electron chi connectivity index (χ0n) is 13.1. The number of aliphatic hydroxyl groups is 1. The smallest absolute Gasteiger partial charge is 0.253 e. The number of rotatable bonds is 2. The first kappa shape index (κ1) is 16.0. The zero-order valence-corrected chi connectivity index (χ0v) is 13.9. The molecular weight excluding hydrogens is 310 g/mol. The summed E-state index contributed by atoms with van der Waals surface area (Å²) in [6.07, 6.45) is 1.05. The lowest BCUT2D eigenvalue weighted by atomic mass is 9.97. The van der Waals surface area contributed by atoms with Crippen molar-refractivity contribution >= 4 is 17.5 Å². The zero-order chi connectivity index (χ0) is 16.4. The monoisotopic (exact) mass is 329 g/mol. The molecule has 23 heavy (non-hydrogen) atoms. The van der Waals surface area contributed by atoms with Gasteiger partial charge in [0.2, 0.25) is 0 Å². The Kier molecular flexibility index (Phi) is 4.69. The van der Waals surface area contributed by atoms with E-state index in [1.165, 1.54) is 0 Å². The molecule has 0 aromatic heterocycles.